The van der Waals surface area contributed by atoms with Crippen molar-refractivity contribution in [2.24, 2.45) is 0 Å². The lowest BCUT2D eigenvalue weighted by Gasteiger charge is -2.20. The standard InChI is InChI=1S/C13H17BrFNO/c1-17-10-13(15)6-7-16(9-13)8-11-2-4-12(14)5-3-11/h2-5H,6-10H2,1H3. The van der Waals surface area contributed by atoms with E-state index in [4.69, 9.17) is 4.74 Å². The molecule has 1 aliphatic heterocycles. The minimum absolute atomic E-state index is 0.198. The molecule has 0 radical (unpaired) electrons. The fourth-order valence-electron chi connectivity index (χ4n) is 2.28. The Labute approximate surface area is 110 Å². The fraction of sp³-hybridized carbons (Fsp3) is 0.538. The van der Waals surface area contributed by atoms with Crippen molar-refractivity contribution < 1.29 is 9.13 Å². The van der Waals surface area contributed by atoms with Crippen LogP contribution in [0.2, 0.25) is 0 Å². The van der Waals surface area contributed by atoms with E-state index in [1.165, 1.54) is 5.56 Å². The second-order valence-electron chi connectivity index (χ2n) is 4.67. The zero-order chi connectivity index (χ0) is 12.3. The van der Waals surface area contributed by atoms with E-state index in [9.17, 15) is 4.39 Å². The van der Waals surface area contributed by atoms with Crippen molar-refractivity contribution in [3.05, 3.63) is 34.3 Å². The molecule has 1 atom stereocenters. The third kappa shape index (κ3) is 3.50. The number of methoxy groups -OCH3 is 1. The molecule has 1 fully saturated rings. The van der Waals surface area contributed by atoms with Gasteiger partial charge in [0.2, 0.25) is 0 Å². The zero-order valence-corrected chi connectivity index (χ0v) is 11.5. The average molecular weight is 302 g/mol. The summed E-state index contributed by atoms with van der Waals surface area (Å²) in [4.78, 5) is 2.14. The highest BCUT2D eigenvalue weighted by Crippen LogP contribution is 2.27. The quantitative estimate of drug-likeness (QED) is 0.848. The van der Waals surface area contributed by atoms with Crippen LogP contribution in [0.4, 0.5) is 4.39 Å². The molecule has 1 aliphatic rings. The van der Waals surface area contributed by atoms with E-state index in [2.05, 4.69) is 33.0 Å². The summed E-state index contributed by atoms with van der Waals surface area (Å²) in [6.07, 6.45) is 0.567. The van der Waals surface area contributed by atoms with Gasteiger partial charge in [-0.15, -0.1) is 0 Å². The Kier molecular flexibility index (Phi) is 4.17. The molecule has 17 heavy (non-hydrogen) atoms. The second kappa shape index (κ2) is 5.46. The van der Waals surface area contributed by atoms with Crippen LogP contribution in [0.3, 0.4) is 0 Å². The van der Waals surface area contributed by atoms with Crippen LogP contribution < -0.4 is 0 Å². The normalized spacial score (nSPS) is 25.4. The lowest BCUT2D eigenvalue weighted by molar-refractivity contribution is 0.0467. The van der Waals surface area contributed by atoms with Gasteiger partial charge in [0.1, 0.15) is 5.67 Å². The van der Waals surface area contributed by atoms with Crippen LogP contribution in [0.15, 0.2) is 28.7 Å². The number of hydrogen-bond donors (Lipinski definition) is 0. The van der Waals surface area contributed by atoms with Crippen molar-refractivity contribution in [1.29, 1.82) is 0 Å². The second-order valence-corrected chi connectivity index (χ2v) is 5.59. The van der Waals surface area contributed by atoms with Crippen molar-refractivity contribution in [2.75, 3.05) is 26.8 Å². The molecule has 0 spiro atoms. The summed E-state index contributed by atoms with van der Waals surface area (Å²) in [7, 11) is 1.55. The van der Waals surface area contributed by atoms with Gasteiger partial charge in [-0.3, -0.25) is 4.90 Å². The summed E-state index contributed by atoms with van der Waals surface area (Å²) < 4.78 is 20.2. The first kappa shape index (κ1) is 13.0. The monoisotopic (exact) mass is 301 g/mol. The maximum absolute atomic E-state index is 14.2. The Bertz CT molecular complexity index is 370. The molecule has 94 valence electrons. The summed E-state index contributed by atoms with van der Waals surface area (Å²) in [6, 6.07) is 8.17. The lowest BCUT2D eigenvalue weighted by atomic mass is 10.1. The molecule has 0 N–H and O–H groups in total. The molecule has 0 amide bonds. The molecule has 4 heteroatoms. The van der Waals surface area contributed by atoms with Crippen molar-refractivity contribution in [2.45, 2.75) is 18.6 Å². The summed E-state index contributed by atoms with van der Waals surface area (Å²) in [5.41, 5.74) is 0.0549. The highest BCUT2D eigenvalue weighted by molar-refractivity contribution is 9.10. The van der Waals surface area contributed by atoms with Gasteiger partial charge in [0.25, 0.3) is 0 Å². The molecule has 1 saturated heterocycles. The number of benzene rings is 1. The SMILES string of the molecule is COCC1(F)CCN(Cc2ccc(Br)cc2)C1. The van der Waals surface area contributed by atoms with Crippen LogP contribution >= 0.6 is 15.9 Å². The van der Waals surface area contributed by atoms with Crippen molar-refractivity contribution in [1.82, 2.24) is 4.90 Å². The summed E-state index contributed by atoms with van der Waals surface area (Å²) in [6.45, 7) is 2.28. The Morgan fingerprint density at radius 2 is 2.12 bits per heavy atom. The fourth-order valence-corrected chi connectivity index (χ4v) is 2.54. The van der Waals surface area contributed by atoms with E-state index >= 15 is 0 Å². The topological polar surface area (TPSA) is 12.5 Å². The van der Waals surface area contributed by atoms with Crippen LogP contribution in [0, 0.1) is 0 Å². The molecule has 0 bridgehead atoms. The molecule has 0 aromatic heterocycles. The first-order valence-corrected chi connectivity index (χ1v) is 6.55. The molecule has 1 aromatic rings. The van der Waals surface area contributed by atoms with Gasteiger partial charge in [0.05, 0.1) is 6.61 Å². The number of hydrogen-bond acceptors (Lipinski definition) is 2. The van der Waals surface area contributed by atoms with E-state index in [1.807, 2.05) is 12.1 Å². The Morgan fingerprint density at radius 1 is 1.41 bits per heavy atom. The number of ether oxygens (including phenoxy) is 1. The van der Waals surface area contributed by atoms with E-state index in [0.29, 0.717) is 13.0 Å². The molecular weight excluding hydrogens is 285 g/mol. The molecule has 2 rings (SSSR count). The first-order chi connectivity index (χ1) is 8.11. The molecule has 0 saturated carbocycles. The minimum atomic E-state index is -1.16. The van der Waals surface area contributed by atoms with E-state index in [0.717, 1.165) is 17.6 Å². The van der Waals surface area contributed by atoms with E-state index in [1.54, 1.807) is 7.11 Å². The Balaban J connectivity index is 1.91. The van der Waals surface area contributed by atoms with Crippen molar-refractivity contribution in [3.63, 3.8) is 0 Å². The third-order valence-electron chi connectivity index (χ3n) is 3.11. The molecule has 0 aliphatic carbocycles. The van der Waals surface area contributed by atoms with E-state index in [-0.39, 0.29) is 6.61 Å². The highest BCUT2D eigenvalue weighted by atomic mass is 79.9. The van der Waals surface area contributed by atoms with Crippen molar-refractivity contribution in [3.8, 4) is 0 Å². The van der Waals surface area contributed by atoms with Gasteiger partial charge in [0.15, 0.2) is 0 Å². The van der Waals surface area contributed by atoms with Gasteiger partial charge >= 0.3 is 0 Å². The summed E-state index contributed by atoms with van der Waals surface area (Å²) in [5, 5.41) is 0. The van der Waals surface area contributed by atoms with Crippen LogP contribution in [0.5, 0.6) is 0 Å². The van der Waals surface area contributed by atoms with Gasteiger partial charge in [-0.2, -0.15) is 0 Å². The minimum Gasteiger partial charge on any atom is -0.381 e. The molecule has 2 nitrogen and oxygen atoms in total. The molecular formula is C13H17BrFNO. The van der Waals surface area contributed by atoms with Gasteiger partial charge < -0.3 is 4.74 Å². The lowest BCUT2D eigenvalue weighted by Crippen LogP contribution is -2.33. The van der Waals surface area contributed by atoms with Crippen LogP contribution in [0.25, 0.3) is 0 Å². The predicted octanol–water partition coefficient (Wildman–Crippen LogP) is 3.01. The largest absolute Gasteiger partial charge is 0.381 e. The smallest absolute Gasteiger partial charge is 0.148 e. The zero-order valence-electron chi connectivity index (χ0n) is 9.96. The highest BCUT2D eigenvalue weighted by Gasteiger charge is 2.38. The first-order valence-electron chi connectivity index (χ1n) is 5.76. The van der Waals surface area contributed by atoms with Gasteiger partial charge in [-0.25, -0.2) is 4.39 Å². The number of likely N-dealkylation sites (tertiary alicyclic amines) is 1. The average Bonchev–Trinajstić information content (AvgIpc) is 2.64. The van der Waals surface area contributed by atoms with E-state index < -0.39 is 5.67 Å². The van der Waals surface area contributed by atoms with Gasteiger partial charge in [-0.05, 0) is 24.1 Å². The number of halogens is 2. The Morgan fingerprint density at radius 3 is 2.76 bits per heavy atom. The van der Waals surface area contributed by atoms with Gasteiger partial charge in [-0.1, -0.05) is 28.1 Å². The van der Waals surface area contributed by atoms with Crippen LogP contribution in [-0.2, 0) is 11.3 Å². The molecule has 1 unspecified atom stereocenters. The predicted molar refractivity (Wildman–Crippen MR) is 69.8 cm³/mol. The van der Waals surface area contributed by atoms with Gasteiger partial charge in [0, 0.05) is 31.2 Å². The molecule has 1 heterocycles. The maximum atomic E-state index is 14.2. The number of rotatable bonds is 4. The van der Waals surface area contributed by atoms with Crippen LogP contribution in [0.1, 0.15) is 12.0 Å². The maximum Gasteiger partial charge on any atom is 0.148 e. The molecule has 1 aromatic carbocycles. The summed E-state index contributed by atoms with van der Waals surface area (Å²) >= 11 is 3.41. The van der Waals surface area contributed by atoms with Crippen LogP contribution in [-0.4, -0.2) is 37.4 Å². The van der Waals surface area contributed by atoms with Crippen molar-refractivity contribution >= 4 is 15.9 Å². The number of alkyl halides is 1. The number of nitrogens with zero attached hydrogens (tertiary/aromatic N) is 1. The Hall–Kier alpha value is -0.450. The third-order valence-corrected chi connectivity index (χ3v) is 3.63. The summed E-state index contributed by atoms with van der Waals surface area (Å²) in [5.74, 6) is 0.